The van der Waals surface area contributed by atoms with Gasteiger partial charge in [-0.15, -0.1) is 0 Å². The molecule has 0 aliphatic rings. The van der Waals surface area contributed by atoms with Gasteiger partial charge < -0.3 is 10.2 Å². The highest BCUT2D eigenvalue weighted by Gasteiger charge is 2.19. The normalized spacial score (nSPS) is 11.6. The average molecular weight is 338 g/mol. The van der Waals surface area contributed by atoms with Crippen LogP contribution in [0.25, 0.3) is 0 Å². The Morgan fingerprint density at radius 1 is 1.23 bits per heavy atom. The smallest absolute Gasteiger partial charge is 0.221 e. The second-order valence-electron chi connectivity index (χ2n) is 4.82. The molecule has 1 N–H and O–H groups in total. The Hall–Kier alpha value is -1.40. The molecule has 0 radical (unpaired) electrons. The van der Waals surface area contributed by atoms with Gasteiger partial charge in [0.1, 0.15) is 4.32 Å². The van der Waals surface area contributed by atoms with Crippen molar-refractivity contribution in [2.24, 2.45) is 0 Å². The van der Waals surface area contributed by atoms with Gasteiger partial charge in [0.05, 0.1) is 5.25 Å². The van der Waals surface area contributed by atoms with Crippen molar-refractivity contribution in [3.63, 3.8) is 0 Å². The quantitative estimate of drug-likeness (QED) is 0.635. The number of amides is 1. The van der Waals surface area contributed by atoms with Crippen LogP contribution >= 0.6 is 24.0 Å². The minimum atomic E-state index is -0.236. The van der Waals surface area contributed by atoms with Gasteiger partial charge in [0.2, 0.25) is 5.91 Å². The van der Waals surface area contributed by atoms with Gasteiger partial charge in [-0.05, 0) is 45.0 Å². The van der Waals surface area contributed by atoms with Crippen LogP contribution in [0.4, 0.5) is 5.69 Å². The fourth-order valence-corrected chi connectivity index (χ4v) is 3.56. The number of Topliss-reactive ketones (excluding diaryl/α,β-unsaturated/α-hetero) is 1. The third-order valence-corrected chi connectivity index (χ3v) is 4.73. The van der Waals surface area contributed by atoms with Gasteiger partial charge in [0, 0.05) is 31.3 Å². The lowest BCUT2D eigenvalue weighted by atomic mass is 10.1. The zero-order valence-corrected chi connectivity index (χ0v) is 15.0. The maximum atomic E-state index is 12.4. The SMILES string of the molecule is CCN(CC)C(=S)S[C@H](C)C(=O)c1ccc(NC(C)=O)cc1. The molecule has 0 fully saturated rings. The molecule has 0 unspecified atom stereocenters. The van der Waals surface area contributed by atoms with Crippen molar-refractivity contribution in [2.45, 2.75) is 32.9 Å². The fraction of sp³-hybridized carbons (Fsp3) is 0.438. The number of hydrogen-bond donors (Lipinski definition) is 1. The van der Waals surface area contributed by atoms with Gasteiger partial charge in [0.25, 0.3) is 0 Å². The maximum absolute atomic E-state index is 12.4. The summed E-state index contributed by atoms with van der Waals surface area (Å²) in [4.78, 5) is 25.5. The van der Waals surface area contributed by atoms with Gasteiger partial charge in [0.15, 0.2) is 5.78 Å². The van der Waals surface area contributed by atoms with Crippen LogP contribution in [0.1, 0.15) is 38.1 Å². The van der Waals surface area contributed by atoms with Gasteiger partial charge in [-0.2, -0.15) is 0 Å². The first kappa shape index (κ1) is 18.6. The largest absolute Gasteiger partial charge is 0.358 e. The lowest BCUT2D eigenvalue weighted by Gasteiger charge is -2.22. The number of benzene rings is 1. The molecule has 1 aromatic carbocycles. The molecule has 0 bridgehead atoms. The molecular weight excluding hydrogens is 316 g/mol. The fourth-order valence-electron chi connectivity index (χ4n) is 1.92. The number of hydrogen-bond acceptors (Lipinski definition) is 4. The van der Waals surface area contributed by atoms with Gasteiger partial charge in [-0.3, -0.25) is 9.59 Å². The Morgan fingerprint density at radius 3 is 2.23 bits per heavy atom. The number of nitrogens with zero attached hydrogens (tertiary/aromatic N) is 1. The first-order chi connectivity index (χ1) is 10.4. The minimum absolute atomic E-state index is 0.0360. The first-order valence-electron chi connectivity index (χ1n) is 7.26. The van der Waals surface area contributed by atoms with E-state index in [1.165, 1.54) is 18.7 Å². The van der Waals surface area contributed by atoms with Crippen LogP contribution in [0.15, 0.2) is 24.3 Å². The van der Waals surface area contributed by atoms with Crippen LogP contribution in [0, 0.1) is 0 Å². The highest BCUT2D eigenvalue weighted by atomic mass is 32.2. The summed E-state index contributed by atoms with van der Waals surface area (Å²) < 4.78 is 0.751. The number of nitrogens with one attached hydrogen (secondary N) is 1. The summed E-state index contributed by atoms with van der Waals surface area (Å²) in [6.07, 6.45) is 0. The van der Waals surface area contributed by atoms with Crippen LogP contribution in [0.2, 0.25) is 0 Å². The van der Waals surface area contributed by atoms with Gasteiger partial charge >= 0.3 is 0 Å². The van der Waals surface area contributed by atoms with E-state index in [0.717, 1.165) is 17.4 Å². The molecule has 22 heavy (non-hydrogen) atoms. The molecule has 1 aromatic rings. The Bertz CT molecular complexity index is 540. The molecule has 0 saturated heterocycles. The standard InChI is InChI=1S/C16H22N2O2S2/c1-5-18(6-2)16(21)22-11(3)15(20)13-7-9-14(10-8-13)17-12(4)19/h7-11H,5-6H2,1-4H3,(H,17,19)/t11-/m1/s1. The molecule has 120 valence electrons. The molecule has 0 spiro atoms. The van der Waals surface area contributed by atoms with Gasteiger partial charge in [-0.25, -0.2) is 0 Å². The minimum Gasteiger partial charge on any atom is -0.358 e. The molecule has 1 amide bonds. The van der Waals surface area contributed by atoms with Crippen molar-refractivity contribution in [3.8, 4) is 0 Å². The van der Waals surface area contributed by atoms with E-state index < -0.39 is 0 Å². The second kappa shape index (κ2) is 8.90. The third kappa shape index (κ3) is 5.42. The number of ketones is 1. The molecule has 0 aliphatic heterocycles. The number of carbonyl (C=O) groups is 2. The summed E-state index contributed by atoms with van der Waals surface area (Å²) in [6, 6.07) is 6.92. The van der Waals surface area contributed by atoms with Crippen LogP contribution in [-0.2, 0) is 4.79 Å². The molecule has 4 nitrogen and oxygen atoms in total. The number of anilines is 1. The second-order valence-corrected chi connectivity index (χ2v) is 6.80. The zero-order valence-electron chi connectivity index (χ0n) is 13.4. The Morgan fingerprint density at radius 2 is 1.77 bits per heavy atom. The lowest BCUT2D eigenvalue weighted by molar-refractivity contribution is -0.114. The summed E-state index contributed by atoms with van der Waals surface area (Å²) >= 11 is 6.79. The summed E-state index contributed by atoms with van der Waals surface area (Å²) in [5.41, 5.74) is 1.31. The van der Waals surface area contributed by atoms with Crippen molar-refractivity contribution >= 4 is 45.7 Å². The Labute approximate surface area is 141 Å². The van der Waals surface area contributed by atoms with E-state index in [9.17, 15) is 9.59 Å². The molecule has 0 heterocycles. The van der Waals surface area contributed by atoms with E-state index in [0.29, 0.717) is 11.3 Å². The van der Waals surface area contributed by atoms with Crippen LogP contribution in [-0.4, -0.2) is 39.3 Å². The van der Waals surface area contributed by atoms with Crippen molar-refractivity contribution in [1.29, 1.82) is 0 Å². The molecule has 0 aliphatic carbocycles. The van der Waals surface area contributed by atoms with E-state index in [-0.39, 0.29) is 16.9 Å². The third-order valence-electron chi connectivity index (χ3n) is 3.16. The van der Waals surface area contributed by atoms with Crippen LogP contribution < -0.4 is 5.32 Å². The van der Waals surface area contributed by atoms with Crippen molar-refractivity contribution in [3.05, 3.63) is 29.8 Å². The Balaban J connectivity index is 2.70. The lowest BCUT2D eigenvalue weighted by Crippen LogP contribution is -2.29. The van der Waals surface area contributed by atoms with Gasteiger partial charge in [-0.1, -0.05) is 24.0 Å². The highest BCUT2D eigenvalue weighted by molar-refractivity contribution is 8.23. The average Bonchev–Trinajstić information content (AvgIpc) is 2.47. The molecule has 6 heteroatoms. The highest BCUT2D eigenvalue weighted by Crippen LogP contribution is 2.21. The van der Waals surface area contributed by atoms with Crippen LogP contribution in [0.5, 0.6) is 0 Å². The van der Waals surface area contributed by atoms with E-state index in [1.807, 2.05) is 20.8 Å². The topological polar surface area (TPSA) is 49.4 Å². The number of thioether (sulfide) groups is 1. The van der Waals surface area contributed by atoms with Crippen LogP contribution in [0.3, 0.4) is 0 Å². The van der Waals surface area contributed by atoms with E-state index in [2.05, 4.69) is 10.2 Å². The summed E-state index contributed by atoms with van der Waals surface area (Å²) in [5.74, 6) is -0.0959. The zero-order chi connectivity index (χ0) is 16.7. The molecular formula is C16H22N2O2S2. The van der Waals surface area contributed by atoms with Crippen molar-refractivity contribution < 1.29 is 9.59 Å². The Kier molecular flexibility index (Phi) is 7.55. The van der Waals surface area contributed by atoms with Crippen molar-refractivity contribution in [1.82, 2.24) is 4.90 Å². The molecule has 0 saturated carbocycles. The maximum Gasteiger partial charge on any atom is 0.221 e. The molecule has 1 atom stereocenters. The van der Waals surface area contributed by atoms with Crippen molar-refractivity contribution in [2.75, 3.05) is 18.4 Å². The number of thiocarbonyl (C=S) groups is 1. The number of rotatable bonds is 6. The predicted octanol–water partition coefficient (Wildman–Crippen LogP) is 3.58. The number of carbonyl (C=O) groups excluding carboxylic acids is 2. The summed E-state index contributed by atoms with van der Waals surface area (Å²) in [6.45, 7) is 9.09. The van der Waals surface area contributed by atoms with E-state index in [1.54, 1.807) is 24.3 Å². The summed E-state index contributed by atoms with van der Waals surface area (Å²) in [7, 11) is 0. The van der Waals surface area contributed by atoms with E-state index >= 15 is 0 Å². The monoisotopic (exact) mass is 338 g/mol. The first-order valence-corrected chi connectivity index (χ1v) is 8.55. The van der Waals surface area contributed by atoms with E-state index in [4.69, 9.17) is 12.2 Å². The molecule has 1 rings (SSSR count). The summed E-state index contributed by atoms with van der Waals surface area (Å²) in [5, 5.41) is 2.44. The molecule has 0 aromatic heterocycles. The predicted molar refractivity (Wildman–Crippen MR) is 97.6 cm³/mol.